The molecule has 0 saturated carbocycles. The molecule has 1 aliphatic rings. The maximum atomic E-state index is 4.70. The van der Waals surface area contributed by atoms with Crippen LogP contribution >= 0.6 is 0 Å². The first kappa shape index (κ1) is 11.4. The zero-order valence-corrected chi connectivity index (χ0v) is 11.4. The Kier molecular flexibility index (Phi) is 2.28. The minimum absolute atomic E-state index is 0.884. The van der Waals surface area contributed by atoms with Gasteiger partial charge in [0, 0.05) is 18.6 Å². The van der Waals surface area contributed by atoms with Gasteiger partial charge >= 0.3 is 0 Å². The van der Waals surface area contributed by atoms with Crippen LogP contribution in [0.3, 0.4) is 0 Å². The van der Waals surface area contributed by atoms with Crippen LogP contribution in [-0.2, 0) is 0 Å². The van der Waals surface area contributed by atoms with E-state index in [0.29, 0.717) is 0 Å². The number of aromatic amines is 1. The molecule has 0 fully saturated rings. The number of hydrogen-bond acceptors (Lipinski definition) is 2. The molecular formula is C16H15N4+. The molecule has 0 amide bonds. The predicted octanol–water partition coefficient (Wildman–Crippen LogP) is 2.44. The van der Waals surface area contributed by atoms with E-state index in [9.17, 15) is 0 Å². The fourth-order valence-electron chi connectivity index (χ4n) is 2.68. The van der Waals surface area contributed by atoms with Crippen molar-refractivity contribution in [2.45, 2.75) is 6.92 Å². The number of aliphatic imine (C=N–C) groups is 1. The third kappa shape index (κ3) is 1.52. The zero-order valence-electron chi connectivity index (χ0n) is 11.4. The lowest BCUT2D eigenvalue weighted by atomic mass is 10.1. The van der Waals surface area contributed by atoms with Crippen LogP contribution in [0.25, 0.3) is 22.4 Å². The van der Waals surface area contributed by atoms with Crippen LogP contribution in [0.5, 0.6) is 0 Å². The number of H-pyrrole nitrogens is 1. The number of aromatic nitrogens is 2. The number of hydrogen-bond donors (Lipinski definition) is 2. The highest BCUT2D eigenvalue weighted by atomic mass is 15.2. The van der Waals surface area contributed by atoms with Crippen molar-refractivity contribution in [1.82, 2.24) is 9.97 Å². The molecule has 98 valence electrons. The van der Waals surface area contributed by atoms with Crippen molar-refractivity contribution in [3.63, 3.8) is 0 Å². The molecule has 0 spiro atoms. The van der Waals surface area contributed by atoms with E-state index in [0.717, 1.165) is 33.9 Å². The summed E-state index contributed by atoms with van der Waals surface area (Å²) < 4.78 is 0. The number of rotatable bonds is 1. The van der Waals surface area contributed by atoms with Gasteiger partial charge in [-0.05, 0) is 18.2 Å². The molecule has 4 rings (SSSR count). The van der Waals surface area contributed by atoms with Crippen molar-refractivity contribution in [3.8, 4) is 11.4 Å². The van der Waals surface area contributed by atoms with E-state index in [1.807, 2.05) is 24.3 Å². The van der Waals surface area contributed by atoms with Crippen LogP contribution < -0.4 is 4.90 Å². The third-order valence-corrected chi connectivity index (χ3v) is 3.91. The van der Waals surface area contributed by atoms with E-state index in [1.54, 1.807) is 0 Å². The number of nitrogens with zero attached hydrogens (tertiary/aromatic N) is 2. The Morgan fingerprint density at radius 1 is 1.05 bits per heavy atom. The van der Waals surface area contributed by atoms with Crippen LogP contribution in [0.4, 0.5) is 11.4 Å². The zero-order chi connectivity index (χ0) is 13.7. The number of benzene rings is 2. The molecule has 4 heteroatoms. The lowest BCUT2D eigenvalue weighted by Crippen LogP contribution is -3.05. The first-order chi connectivity index (χ1) is 9.74. The van der Waals surface area contributed by atoms with Crippen LogP contribution in [0.1, 0.15) is 6.92 Å². The van der Waals surface area contributed by atoms with Gasteiger partial charge in [-0.2, -0.15) is 4.99 Å². The number of para-hydroxylation sites is 3. The molecule has 2 N–H and O–H groups in total. The van der Waals surface area contributed by atoms with Crippen molar-refractivity contribution in [1.29, 1.82) is 0 Å². The topological polar surface area (TPSA) is 45.5 Å². The second-order valence-electron chi connectivity index (χ2n) is 5.13. The number of amidine groups is 1. The summed E-state index contributed by atoms with van der Waals surface area (Å²) in [7, 11) is 2.12. The summed E-state index contributed by atoms with van der Waals surface area (Å²) in [5, 5.41) is 0. The summed E-state index contributed by atoms with van der Waals surface area (Å²) in [6, 6.07) is 14.3. The van der Waals surface area contributed by atoms with Gasteiger partial charge in [-0.3, -0.25) is 4.90 Å². The van der Waals surface area contributed by atoms with Crippen molar-refractivity contribution < 1.29 is 4.90 Å². The Balaban J connectivity index is 1.96. The molecule has 0 radical (unpaired) electrons. The molecule has 2 heterocycles. The van der Waals surface area contributed by atoms with E-state index in [1.165, 1.54) is 10.6 Å². The Bertz CT molecular complexity index is 812. The van der Waals surface area contributed by atoms with Gasteiger partial charge in [0.1, 0.15) is 11.5 Å². The lowest BCUT2D eigenvalue weighted by Gasteiger charge is -2.06. The molecule has 3 aromatic rings. The number of fused-ring (bicyclic) bond motifs is 2. The lowest BCUT2D eigenvalue weighted by molar-refractivity contribution is -0.702. The third-order valence-electron chi connectivity index (χ3n) is 3.91. The Labute approximate surface area is 116 Å². The maximum absolute atomic E-state index is 4.70. The van der Waals surface area contributed by atoms with Crippen LogP contribution in [0.2, 0.25) is 0 Å². The quantitative estimate of drug-likeness (QED) is 0.696. The van der Waals surface area contributed by atoms with E-state index in [-0.39, 0.29) is 0 Å². The van der Waals surface area contributed by atoms with Gasteiger partial charge in [-0.1, -0.05) is 18.2 Å². The van der Waals surface area contributed by atoms with Crippen molar-refractivity contribution >= 4 is 28.2 Å². The Morgan fingerprint density at radius 2 is 1.90 bits per heavy atom. The van der Waals surface area contributed by atoms with Crippen LogP contribution in [0.15, 0.2) is 47.5 Å². The molecule has 2 aromatic carbocycles. The van der Waals surface area contributed by atoms with E-state index in [4.69, 9.17) is 4.99 Å². The maximum Gasteiger partial charge on any atom is 0.203 e. The largest absolute Gasteiger partial charge is 0.338 e. The van der Waals surface area contributed by atoms with E-state index in [2.05, 4.69) is 42.1 Å². The molecule has 4 nitrogen and oxygen atoms in total. The molecule has 1 aliphatic heterocycles. The second kappa shape index (κ2) is 4.02. The second-order valence-corrected chi connectivity index (χ2v) is 5.13. The Hall–Kier alpha value is -2.46. The molecule has 1 atom stereocenters. The minimum atomic E-state index is 0.884. The average Bonchev–Trinajstić information content (AvgIpc) is 3.01. The van der Waals surface area contributed by atoms with Crippen LogP contribution in [-0.4, -0.2) is 22.9 Å². The SMILES string of the molecule is CC1=Nc2c(-c3nc4ccccc4[nH]3)cccc2[NH+]1C. The van der Waals surface area contributed by atoms with Gasteiger partial charge in [0.05, 0.1) is 18.1 Å². The molecule has 20 heavy (non-hydrogen) atoms. The summed E-state index contributed by atoms with van der Waals surface area (Å²) in [6.45, 7) is 2.05. The standard InChI is InChI=1S/C16H14N4/c1-10-17-15-11(6-5-9-14(15)20(10)2)16-18-12-7-3-4-8-13(12)19-16/h3-9H,1-2H3,(H,18,19)/p+1. The normalized spacial score (nSPS) is 17.3. The number of quaternary nitrogens is 1. The molecule has 0 saturated heterocycles. The monoisotopic (exact) mass is 263 g/mol. The summed E-state index contributed by atoms with van der Waals surface area (Å²) in [6.07, 6.45) is 0. The number of nitrogens with one attached hydrogen (secondary N) is 2. The van der Waals surface area contributed by atoms with Crippen molar-refractivity contribution in [2.75, 3.05) is 7.05 Å². The highest BCUT2D eigenvalue weighted by molar-refractivity contribution is 5.92. The van der Waals surface area contributed by atoms with E-state index >= 15 is 0 Å². The van der Waals surface area contributed by atoms with Gasteiger partial charge in [0.2, 0.25) is 5.84 Å². The summed E-state index contributed by atoms with van der Waals surface area (Å²) in [4.78, 5) is 14.0. The van der Waals surface area contributed by atoms with Crippen molar-refractivity contribution in [2.24, 2.45) is 4.99 Å². The van der Waals surface area contributed by atoms with Crippen molar-refractivity contribution in [3.05, 3.63) is 42.5 Å². The Morgan fingerprint density at radius 3 is 2.75 bits per heavy atom. The first-order valence-electron chi connectivity index (χ1n) is 6.72. The van der Waals surface area contributed by atoms with Gasteiger partial charge in [0.25, 0.3) is 0 Å². The molecule has 1 unspecified atom stereocenters. The smallest absolute Gasteiger partial charge is 0.203 e. The molecular weight excluding hydrogens is 248 g/mol. The van der Waals surface area contributed by atoms with E-state index < -0.39 is 0 Å². The molecule has 0 aliphatic carbocycles. The first-order valence-corrected chi connectivity index (χ1v) is 6.72. The fourth-order valence-corrected chi connectivity index (χ4v) is 2.68. The summed E-state index contributed by atoms with van der Waals surface area (Å²) in [5.41, 5.74) is 5.34. The summed E-state index contributed by atoms with van der Waals surface area (Å²) >= 11 is 0. The number of imidazole rings is 1. The average molecular weight is 263 g/mol. The van der Waals surface area contributed by atoms with Gasteiger partial charge < -0.3 is 4.98 Å². The summed E-state index contributed by atoms with van der Waals surface area (Å²) in [5.74, 6) is 1.97. The molecule has 0 bridgehead atoms. The highest BCUT2D eigenvalue weighted by Crippen LogP contribution is 2.36. The highest BCUT2D eigenvalue weighted by Gasteiger charge is 2.26. The van der Waals surface area contributed by atoms with Gasteiger partial charge in [0.15, 0.2) is 5.69 Å². The van der Waals surface area contributed by atoms with Gasteiger partial charge in [-0.25, -0.2) is 4.98 Å². The fraction of sp³-hybridized carbons (Fsp3) is 0.125. The molecule has 1 aromatic heterocycles. The van der Waals surface area contributed by atoms with Gasteiger partial charge in [-0.15, -0.1) is 0 Å². The minimum Gasteiger partial charge on any atom is -0.338 e. The van der Waals surface area contributed by atoms with Crippen LogP contribution in [0, 0.1) is 0 Å². The predicted molar refractivity (Wildman–Crippen MR) is 80.8 cm³/mol.